The molecule has 1 fully saturated rings. The number of amides is 2. The lowest BCUT2D eigenvalue weighted by Crippen LogP contribution is -2.55. The van der Waals surface area contributed by atoms with Crippen molar-refractivity contribution in [1.82, 2.24) is 4.90 Å². The number of piperidine rings is 1. The van der Waals surface area contributed by atoms with E-state index in [0.29, 0.717) is 24.8 Å². The fourth-order valence-corrected chi connectivity index (χ4v) is 3.37. The van der Waals surface area contributed by atoms with Gasteiger partial charge in [-0.05, 0) is 55.7 Å². The highest BCUT2D eigenvalue weighted by Gasteiger charge is 2.36. The molecular weight excluding hydrogens is 316 g/mol. The van der Waals surface area contributed by atoms with E-state index in [9.17, 15) is 9.59 Å². The van der Waals surface area contributed by atoms with Crippen molar-refractivity contribution in [3.8, 4) is 5.75 Å². The van der Waals surface area contributed by atoms with Gasteiger partial charge in [0, 0.05) is 6.54 Å². The van der Waals surface area contributed by atoms with Gasteiger partial charge >= 0.3 is 0 Å². The Bertz CT molecular complexity index is 642. The Labute approximate surface area is 150 Å². The quantitative estimate of drug-likeness (QED) is 0.891. The summed E-state index contributed by atoms with van der Waals surface area (Å²) in [5.41, 5.74) is 7.68. The molecule has 2 N–H and O–H groups in total. The standard InChI is InChI=1S/C20H30N2O3/c1-12(2)16-7-6-13(3)11-18(16)25-15(5)20(24)22-9-8-14(4)10-17(22)19(21)23/h6-7,11-12,14-15,17H,8-10H2,1-5H3,(H2,21,23). The molecule has 1 aromatic carbocycles. The fourth-order valence-electron chi connectivity index (χ4n) is 3.37. The van der Waals surface area contributed by atoms with Gasteiger partial charge < -0.3 is 15.4 Å². The predicted octanol–water partition coefficient (Wildman–Crippen LogP) is 3.00. The second kappa shape index (κ2) is 7.89. The van der Waals surface area contributed by atoms with Crippen LogP contribution in [0.5, 0.6) is 5.75 Å². The van der Waals surface area contributed by atoms with Crippen LogP contribution in [0.3, 0.4) is 0 Å². The van der Waals surface area contributed by atoms with Gasteiger partial charge in [-0.15, -0.1) is 0 Å². The number of nitrogens with zero attached hydrogens (tertiary/aromatic N) is 1. The van der Waals surface area contributed by atoms with Gasteiger partial charge in [-0.1, -0.05) is 32.9 Å². The lowest BCUT2D eigenvalue weighted by Gasteiger charge is -2.38. The summed E-state index contributed by atoms with van der Waals surface area (Å²) in [7, 11) is 0. The summed E-state index contributed by atoms with van der Waals surface area (Å²) in [4.78, 5) is 26.2. The van der Waals surface area contributed by atoms with Crippen molar-refractivity contribution in [2.24, 2.45) is 11.7 Å². The summed E-state index contributed by atoms with van der Waals surface area (Å²) in [5.74, 6) is 0.809. The van der Waals surface area contributed by atoms with E-state index >= 15 is 0 Å². The molecule has 5 heteroatoms. The molecule has 1 aliphatic rings. The van der Waals surface area contributed by atoms with Gasteiger partial charge in [-0.2, -0.15) is 0 Å². The van der Waals surface area contributed by atoms with Gasteiger partial charge in [0.05, 0.1) is 0 Å². The van der Waals surface area contributed by atoms with Crippen molar-refractivity contribution in [3.63, 3.8) is 0 Å². The van der Waals surface area contributed by atoms with Crippen molar-refractivity contribution in [3.05, 3.63) is 29.3 Å². The Kier molecular flexibility index (Phi) is 6.09. The molecule has 0 aromatic heterocycles. The van der Waals surface area contributed by atoms with Crippen LogP contribution in [0.15, 0.2) is 18.2 Å². The van der Waals surface area contributed by atoms with Crippen molar-refractivity contribution in [2.45, 2.75) is 65.5 Å². The molecule has 138 valence electrons. The zero-order chi connectivity index (χ0) is 18.7. The lowest BCUT2D eigenvalue weighted by molar-refractivity contribution is -0.147. The van der Waals surface area contributed by atoms with Crippen molar-refractivity contribution < 1.29 is 14.3 Å². The van der Waals surface area contributed by atoms with Crippen LogP contribution >= 0.6 is 0 Å². The normalized spacial score (nSPS) is 21.9. The van der Waals surface area contributed by atoms with Crippen LogP contribution in [-0.4, -0.2) is 35.4 Å². The zero-order valence-electron chi connectivity index (χ0n) is 15.9. The molecule has 3 atom stereocenters. The van der Waals surface area contributed by atoms with Crippen LogP contribution in [0.2, 0.25) is 0 Å². The number of carbonyl (C=O) groups excluding carboxylic acids is 2. The molecule has 1 saturated heterocycles. The molecule has 1 aromatic rings. The first-order chi connectivity index (χ1) is 11.7. The number of rotatable bonds is 5. The third-order valence-corrected chi connectivity index (χ3v) is 4.92. The summed E-state index contributed by atoms with van der Waals surface area (Å²) >= 11 is 0. The van der Waals surface area contributed by atoms with E-state index in [-0.39, 0.29) is 5.91 Å². The van der Waals surface area contributed by atoms with Crippen LogP contribution in [0.1, 0.15) is 57.6 Å². The van der Waals surface area contributed by atoms with Gasteiger partial charge in [0.15, 0.2) is 6.10 Å². The average molecular weight is 346 g/mol. The maximum absolute atomic E-state index is 12.9. The maximum atomic E-state index is 12.9. The molecule has 2 rings (SSSR count). The van der Waals surface area contributed by atoms with Crippen LogP contribution in [0.4, 0.5) is 0 Å². The van der Waals surface area contributed by atoms with E-state index in [1.54, 1.807) is 11.8 Å². The molecule has 0 aliphatic carbocycles. The molecule has 0 saturated carbocycles. The smallest absolute Gasteiger partial charge is 0.264 e. The Morgan fingerprint density at radius 1 is 1.28 bits per heavy atom. The van der Waals surface area contributed by atoms with E-state index in [1.807, 2.05) is 25.1 Å². The third kappa shape index (κ3) is 4.53. The minimum Gasteiger partial charge on any atom is -0.481 e. The first kappa shape index (κ1) is 19.3. The second-order valence-corrected chi connectivity index (χ2v) is 7.54. The van der Waals surface area contributed by atoms with E-state index < -0.39 is 18.1 Å². The molecule has 0 bridgehead atoms. The van der Waals surface area contributed by atoms with Crippen LogP contribution in [0.25, 0.3) is 0 Å². The summed E-state index contributed by atoms with van der Waals surface area (Å²) in [6.07, 6.45) is 0.842. The fraction of sp³-hybridized carbons (Fsp3) is 0.600. The number of likely N-dealkylation sites (tertiary alicyclic amines) is 1. The Morgan fingerprint density at radius 3 is 2.56 bits per heavy atom. The third-order valence-electron chi connectivity index (χ3n) is 4.92. The zero-order valence-corrected chi connectivity index (χ0v) is 15.9. The maximum Gasteiger partial charge on any atom is 0.264 e. The van der Waals surface area contributed by atoms with Gasteiger partial charge in [-0.25, -0.2) is 0 Å². The number of aryl methyl sites for hydroxylation is 1. The molecule has 3 unspecified atom stereocenters. The SMILES string of the molecule is Cc1ccc(C(C)C)c(OC(C)C(=O)N2CCC(C)CC2C(N)=O)c1. The highest BCUT2D eigenvalue weighted by Crippen LogP contribution is 2.29. The second-order valence-electron chi connectivity index (χ2n) is 7.54. The number of hydrogen-bond donors (Lipinski definition) is 1. The molecular formula is C20H30N2O3. The van der Waals surface area contributed by atoms with E-state index in [4.69, 9.17) is 10.5 Å². The van der Waals surface area contributed by atoms with Crippen molar-refractivity contribution in [2.75, 3.05) is 6.54 Å². The number of ether oxygens (including phenoxy) is 1. The topological polar surface area (TPSA) is 72.6 Å². The number of hydrogen-bond acceptors (Lipinski definition) is 3. The Balaban J connectivity index is 2.17. The molecule has 0 radical (unpaired) electrons. The van der Waals surface area contributed by atoms with Crippen LogP contribution in [-0.2, 0) is 9.59 Å². The summed E-state index contributed by atoms with van der Waals surface area (Å²) in [6.45, 7) is 10.6. The molecule has 0 spiro atoms. The first-order valence-electron chi connectivity index (χ1n) is 9.07. The Morgan fingerprint density at radius 2 is 1.96 bits per heavy atom. The van der Waals surface area contributed by atoms with Crippen molar-refractivity contribution in [1.29, 1.82) is 0 Å². The summed E-state index contributed by atoms with van der Waals surface area (Å²) in [5, 5.41) is 0. The van der Waals surface area contributed by atoms with Crippen molar-refractivity contribution >= 4 is 11.8 Å². The minimum absolute atomic E-state index is 0.174. The molecule has 25 heavy (non-hydrogen) atoms. The Hall–Kier alpha value is -2.04. The van der Waals surface area contributed by atoms with Gasteiger partial charge in [0.25, 0.3) is 5.91 Å². The van der Waals surface area contributed by atoms with Gasteiger partial charge in [0.1, 0.15) is 11.8 Å². The number of primary amides is 1. The highest BCUT2D eigenvalue weighted by molar-refractivity contribution is 5.88. The summed E-state index contributed by atoms with van der Waals surface area (Å²) in [6, 6.07) is 5.51. The largest absolute Gasteiger partial charge is 0.481 e. The first-order valence-corrected chi connectivity index (χ1v) is 9.07. The lowest BCUT2D eigenvalue weighted by atomic mass is 9.91. The molecule has 5 nitrogen and oxygen atoms in total. The van der Waals surface area contributed by atoms with E-state index in [1.165, 1.54) is 0 Å². The highest BCUT2D eigenvalue weighted by atomic mass is 16.5. The average Bonchev–Trinajstić information content (AvgIpc) is 2.53. The molecule has 1 aliphatic heterocycles. The predicted molar refractivity (Wildman–Crippen MR) is 98.5 cm³/mol. The number of benzene rings is 1. The monoisotopic (exact) mass is 346 g/mol. The van der Waals surface area contributed by atoms with Crippen LogP contribution in [0, 0.1) is 12.8 Å². The van der Waals surface area contributed by atoms with Gasteiger partial charge in [-0.3, -0.25) is 9.59 Å². The van der Waals surface area contributed by atoms with Gasteiger partial charge in [0.2, 0.25) is 5.91 Å². The van der Waals surface area contributed by atoms with E-state index in [0.717, 1.165) is 23.3 Å². The minimum atomic E-state index is -0.658. The molecule has 1 heterocycles. The summed E-state index contributed by atoms with van der Waals surface area (Å²) < 4.78 is 6.01. The molecule has 2 amide bonds. The number of carbonyl (C=O) groups is 2. The number of nitrogens with two attached hydrogens (primary N) is 1. The van der Waals surface area contributed by atoms with E-state index in [2.05, 4.69) is 20.8 Å². The van der Waals surface area contributed by atoms with Crippen LogP contribution < -0.4 is 10.5 Å².